The lowest BCUT2D eigenvalue weighted by atomic mass is 10.2. The number of nitrogens with zero attached hydrogens (tertiary/aromatic N) is 4. The molecular formula is C21H17BrN4O2. The Balaban J connectivity index is 1.57. The highest BCUT2D eigenvalue weighted by atomic mass is 79.9. The van der Waals surface area contributed by atoms with Gasteiger partial charge >= 0.3 is 0 Å². The number of benzene rings is 1. The number of fused-ring (bicyclic) bond motifs is 1. The lowest BCUT2D eigenvalue weighted by molar-refractivity contribution is 0.0715. The standard InChI is InChI=1S/C21H17BrN4O2/c1-14-6-2-3-7-17(14)26-20(24-10-4-5-11-24)15-12-25(13-16(15)23-26)21(27)18-8-9-19(22)28-18/h2-11H,12-13H2,1H3. The predicted octanol–water partition coefficient (Wildman–Crippen LogP) is 4.48. The second-order valence-electron chi connectivity index (χ2n) is 6.80. The van der Waals surface area contributed by atoms with Crippen LogP contribution in [0.5, 0.6) is 0 Å². The molecule has 4 aromatic rings. The Hall–Kier alpha value is -3.06. The third kappa shape index (κ3) is 2.70. The van der Waals surface area contributed by atoms with Gasteiger partial charge in [-0.25, -0.2) is 4.68 Å². The van der Waals surface area contributed by atoms with Crippen molar-refractivity contribution >= 4 is 21.8 Å². The van der Waals surface area contributed by atoms with Crippen LogP contribution in [0.3, 0.4) is 0 Å². The zero-order valence-electron chi connectivity index (χ0n) is 15.2. The molecule has 0 bridgehead atoms. The molecule has 1 aliphatic rings. The number of hydrogen-bond acceptors (Lipinski definition) is 3. The number of aryl methyl sites for hydroxylation is 1. The summed E-state index contributed by atoms with van der Waals surface area (Å²) < 4.78 is 10.0. The topological polar surface area (TPSA) is 56.2 Å². The monoisotopic (exact) mass is 436 g/mol. The number of hydrogen-bond donors (Lipinski definition) is 0. The summed E-state index contributed by atoms with van der Waals surface area (Å²) in [7, 11) is 0. The van der Waals surface area contributed by atoms with Crippen molar-refractivity contribution < 1.29 is 9.21 Å². The van der Waals surface area contributed by atoms with Gasteiger partial charge in [-0.15, -0.1) is 0 Å². The van der Waals surface area contributed by atoms with E-state index < -0.39 is 0 Å². The third-order valence-corrected chi connectivity index (χ3v) is 5.42. The van der Waals surface area contributed by atoms with Crippen molar-refractivity contribution in [3.63, 3.8) is 0 Å². The smallest absolute Gasteiger partial charge is 0.290 e. The van der Waals surface area contributed by atoms with Crippen molar-refractivity contribution in [2.45, 2.75) is 20.0 Å². The first-order chi connectivity index (χ1) is 13.6. The first-order valence-corrected chi connectivity index (χ1v) is 9.76. The molecule has 1 amide bonds. The lowest BCUT2D eigenvalue weighted by Gasteiger charge is -2.17. The highest BCUT2D eigenvalue weighted by Gasteiger charge is 2.33. The Morgan fingerprint density at radius 3 is 2.57 bits per heavy atom. The Kier molecular flexibility index (Phi) is 3.98. The molecule has 1 aliphatic heterocycles. The number of amides is 1. The molecule has 28 heavy (non-hydrogen) atoms. The molecule has 140 valence electrons. The van der Waals surface area contributed by atoms with Crippen LogP contribution in [0.25, 0.3) is 11.5 Å². The maximum absolute atomic E-state index is 12.8. The Morgan fingerprint density at radius 2 is 1.86 bits per heavy atom. The highest BCUT2D eigenvalue weighted by molar-refractivity contribution is 9.10. The average Bonchev–Trinajstić information content (AvgIpc) is 3.45. The molecule has 0 aliphatic carbocycles. The van der Waals surface area contributed by atoms with E-state index in [9.17, 15) is 4.79 Å². The van der Waals surface area contributed by atoms with E-state index in [2.05, 4.69) is 39.6 Å². The molecular weight excluding hydrogens is 420 g/mol. The molecule has 6 nitrogen and oxygen atoms in total. The second kappa shape index (κ2) is 6.53. The van der Waals surface area contributed by atoms with Crippen molar-refractivity contribution in [2.75, 3.05) is 0 Å². The van der Waals surface area contributed by atoms with Gasteiger partial charge in [0.25, 0.3) is 5.91 Å². The predicted molar refractivity (Wildman–Crippen MR) is 108 cm³/mol. The molecule has 3 aromatic heterocycles. The quantitative estimate of drug-likeness (QED) is 0.475. The van der Waals surface area contributed by atoms with Gasteiger partial charge in [-0.2, -0.15) is 5.10 Å². The second-order valence-corrected chi connectivity index (χ2v) is 7.58. The van der Waals surface area contributed by atoms with Crippen LogP contribution in [-0.4, -0.2) is 25.2 Å². The van der Waals surface area contributed by atoms with Crippen molar-refractivity contribution in [1.29, 1.82) is 0 Å². The third-order valence-electron chi connectivity index (χ3n) is 4.99. The van der Waals surface area contributed by atoms with Gasteiger partial charge in [-0.05, 0) is 58.7 Å². The van der Waals surface area contributed by atoms with Gasteiger partial charge in [0.15, 0.2) is 10.4 Å². The van der Waals surface area contributed by atoms with E-state index in [4.69, 9.17) is 9.52 Å². The van der Waals surface area contributed by atoms with Crippen LogP contribution in [0.2, 0.25) is 0 Å². The minimum atomic E-state index is -0.135. The Bertz CT molecular complexity index is 1170. The number of para-hydroxylation sites is 1. The number of aromatic nitrogens is 3. The minimum absolute atomic E-state index is 0.135. The largest absolute Gasteiger partial charge is 0.444 e. The van der Waals surface area contributed by atoms with Crippen molar-refractivity contribution in [3.05, 3.63) is 88.2 Å². The molecule has 0 unspecified atom stereocenters. The molecule has 0 atom stereocenters. The minimum Gasteiger partial charge on any atom is -0.444 e. The first kappa shape index (κ1) is 17.1. The van der Waals surface area contributed by atoms with Gasteiger partial charge in [0.05, 0.1) is 24.5 Å². The highest BCUT2D eigenvalue weighted by Crippen LogP contribution is 2.32. The summed E-state index contributed by atoms with van der Waals surface area (Å²) in [5, 5.41) is 4.87. The fourth-order valence-electron chi connectivity index (χ4n) is 3.64. The van der Waals surface area contributed by atoms with Crippen molar-refractivity contribution in [1.82, 2.24) is 19.2 Å². The zero-order valence-corrected chi connectivity index (χ0v) is 16.8. The lowest BCUT2D eigenvalue weighted by Crippen LogP contribution is -2.26. The molecule has 1 aromatic carbocycles. The van der Waals surface area contributed by atoms with Crippen molar-refractivity contribution in [3.8, 4) is 11.5 Å². The van der Waals surface area contributed by atoms with E-state index in [0.717, 1.165) is 28.3 Å². The number of furan rings is 1. The molecule has 4 heterocycles. The first-order valence-electron chi connectivity index (χ1n) is 8.96. The van der Waals surface area contributed by atoms with Gasteiger partial charge in [0.1, 0.15) is 5.82 Å². The SMILES string of the molecule is Cc1ccccc1-n1nc2c(c1-n1cccc1)CN(C(=O)c1ccc(Br)o1)C2. The molecule has 0 saturated heterocycles. The number of rotatable bonds is 3. The van der Waals surface area contributed by atoms with Crippen LogP contribution in [0.1, 0.15) is 27.4 Å². The van der Waals surface area contributed by atoms with Gasteiger partial charge in [0.2, 0.25) is 0 Å². The fourth-order valence-corrected chi connectivity index (χ4v) is 3.95. The van der Waals surface area contributed by atoms with Crippen LogP contribution in [-0.2, 0) is 13.1 Å². The van der Waals surface area contributed by atoms with Gasteiger partial charge in [-0.3, -0.25) is 4.79 Å². The summed E-state index contributed by atoms with van der Waals surface area (Å²) in [6.07, 6.45) is 4.00. The number of carbonyl (C=O) groups is 1. The van der Waals surface area contributed by atoms with Gasteiger partial charge < -0.3 is 13.9 Å². The molecule has 7 heteroatoms. The van der Waals surface area contributed by atoms with E-state index >= 15 is 0 Å². The van der Waals surface area contributed by atoms with Crippen molar-refractivity contribution in [2.24, 2.45) is 0 Å². The zero-order chi connectivity index (χ0) is 19.3. The average molecular weight is 437 g/mol. The Morgan fingerprint density at radius 1 is 1.07 bits per heavy atom. The molecule has 0 N–H and O–H groups in total. The molecule has 0 spiro atoms. The summed E-state index contributed by atoms with van der Waals surface area (Å²) in [6.45, 7) is 3.03. The van der Waals surface area contributed by atoms with Gasteiger partial charge in [0, 0.05) is 18.0 Å². The summed E-state index contributed by atoms with van der Waals surface area (Å²) in [5.74, 6) is 1.15. The van der Waals surface area contributed by atoms with Crippen LogP contribution in [0, 0.1) is 6.92 Å². The summed E-state index contributed by atoms with van der Waals surface area (Å²) in [6, 6.07) is 15.6. The number of halogens is 1. The molecule has 0 radical (unpaired) electrons. The van der Waals surface area contributed by atoms with E-state index in [-0.39, 0.29) is 5.91 Å². The molecule has 0 saturated carbocycles. The van der Waals surface area contributed by atoms with Crippen LogP contribution in [0.15, 0.2) is 70.0 Å². The fraction of sp³-hybridized carbons (Fsp3) is 0.143. The van der Waals surface area contributed by atoms with Crippen LogP contribution < -0.4 is 0 Å². The van der Waals surface area contributed by atoms with E-state index in [1.807, 2.05) is 41.3 Å². The van der Waals surface area contributed by atoms with Crippen LogP contribution >= 0.6 is 15.9 Å². The maximum atomic E-state index is 12.8. The summed E-state index contributed by atoms with van der Waals surface area (Å²) >= 11 is 3.25. The Labute approximate surface area is 170 Å². The summed E-state index contributed by atoms with van der Waals surface area (Å²) in [5.41, 5.74) is 4.14. The van der Waals surface area contributed by atoms with E-state index in [1.54, 1.807) is 17.0 Å². The van der Waals surface area contributed by atoms with Crippen LogP contribution in [0.4, 0.5) is 0 Å². The number of carbonyl (C=O) groups excluding carboxylic acids is 1. The van der Waals surface area contributed by atoms with Gasteiger partial charge in [-0.1, -0.05) is 18.2 Å². The normalized spacial score (nSPS) is 13.1. The molecule has 0 fully saturated rings. The van der Waals surface area contributed by atoms with E-state index in [0.29, 0.717) is 23.5 Å². The van der Waals surface area contributed by atoms with E-state index in [1.165, 1.54) is 0 Å². The maximum Gasteiger partial charge on any atom is 0.290 e. The summed E-state index contributed by atoms with van der Waals surface area (Å²) in [4.78, 5) is 14.6. The molecule has 5 rings (SSSR count).